The van der Waals surface area contributed by atoms with E-state index in [0.29, 0.717) is 12.2 Å². The van der Waals surface area contributed by atoms with Gasteiger partial charge in [-0.3, -0.25) is 4.79 Å². The second-order valence-corrected chi connectivity index (χ2v) is 3.86. The summed E-state index contributed by atoms with van der Waals surface area (Å²) in [6, 6.07) is -0.564. The highest BCUT2D eigenvalue weighted by Gasteiger charge is 2.49. The van der Waals surface area contributed by atoms with Gasteiger partial charge in [0.05, 0.1) is 11.8 Å². The summed E-state index contributed by atoms with van der Waals surface area (Å²) in [5.41, 5.74) is 0. The average Bonchev–Trinajstić information content (AvgIpc) is 2.25. The Morgan fingerprint density at radius 1 is 1.73 bits per heavy atom. The van der Waals surface area contributed by atoms with E-state index in [1.807, 2.05) is 0 Å². The van der Waals surface area contributed by atoms with Gasteiger partial charge in [0, 0.05) is 5.75 Å². The van der Waals surface area contributed by atoms with Gasteiger partial charge in [0.15, 0.2) is 0 Å². The number of rotatable bonds is 1. The minimum Gasteiger partial charge on any atom is -0.480 e. The van der Waals surface area contributed by atoms with E-state index < -0.39 is 12.0 Å². The summed E-state index contributed by atoms with van der Waals surface area (Å²) in [7, 11) is 0. The number of aliphatic carboxylic acids is 1. The molecule has 0 bridgehead atoms. The number of carboxylic acids is 1. The highest BCUT2D eigenvalue weighted by atomic mass is 32.2. The minimum absolute atomic E-state index is 0.0209. The lowest BCUT2D eigenvalue weighted by atomic mass is 10.1. The predicted molar refractivity (Wildman–Crippen MR) is 39.1 cm³/mol. The maximum Gasteiger partial charge on any atom is 0.327 e. The third-order valence-electron chi connectivity index (χ3n) is 2.01. The van der Waals surface area contributed by atoms with Crippen molar-refractivity contribution in [3.05, 3.63) is 0 Å². The molecule has 1 amide bonds. The topological polar surface area (TPSA) is 57.6 Å². The fourth-order valence-corrected chi connectivity index (χ4v) is 2.78. The van der Waals surface area contributed by atoms with Crippen LogP contribution in [-0.2, 0) is 9.59 Å². The molecule has 60 valence electrons. The van der Waals surface area contributed by atoms with E-state index in [0.717, 1.165) is 0 Å². The first-order valence-corrected chi connectivity index (χ1v) is 4.40. The summed E-state index contributed by atoms with van der Waals surface area (Å²) in [5.74, 6) is -0.355. The van der Waals surface area contributed by atoms with Crippen molar-refractivity contribution < 1.29 is 14.7 Å². The van der Waals surface area contributed by atoms with Crippen LogP contribution in [0, 0.1) is 0 Å². The van der Waals surface area contributed by atoms with Crippen molar-refractivity contribution in [3.8, 4) is 0 Å². The van der Waals surface area contributed by atoms with Crippen LogP contribution >= 0.6 is 11.8 Å². The van der Waals surface area contributed by atoms with Crippen LogP contribution in [0.15, 0.2) is 0 Å². The standard InChI is InChI=1S/C6H7NO3S/c8-4-1-5-7(4)3(2-11-5)6(9)10/h3,5H,1-2H2,(H,9,10)/t3-,5-/m0/s1. The van der Waals surface area contributed by atoms with Gasteiger partial charge in [-0.15, -0.1) is 11.8 Å². The molecule has 11 heavy (non-hydrogen) atoms. The molecule has 2 fully saturated rings. The van der Waals surface area contributed by atoms with Gasteiger partial charge >= 0.3 is 5.97 Å². The smallest absolute Gasteiger partial charge is 0.327 e. The average molecular weight is 173 g/mol. The molecule has 0 radical (unpaired) electrons. The van der Waals surface area contributed by atoms with Crippen molar-refractivity contribution in [2.75, 3.05) is 5.75 Å². The SMILES string of the molecule is O=C(O)[C@@H]1CS[C@H]2CC(=O)N21. The quantitative estimate of drug-likeness (QED) is 0.555. The molecule has 0 aliphatic carbocycles. The van der Waals surface area contributed by atoms with E-state index >= 15 is 0 Å². The molecular weight excluding hydrogens is 166 g/mol. The summed E-state index contributed by atoms with van der Waals surface area (Å²) in [6.45, 7) is 0. The van der Waals surface area contributed by atoms with Crippen molar-refractivity contribution in [2.24, 2.45) is 0 Å². The summed E-state index contributed by atoms with van der Waals surface area (Å²) in [5, 5.41) is 8.80. The molecule has 2 heterocycles. The fraction of sp³-hybridized carbons (Fsp3) is 0.667. The number of amides is 1. The van der Waals surface area contributed by atoms with Crippen molar-refractivity contribution >= 4 is 23.6 Å². The van der Waals surface area contributed by atoms with Crippen LogP contribution in [0.5, 0.6) is 0 Å². The van der Waals surface area contributed by atoms with E-state index in [-0.39, 0.29) is 11.3 Å². The lowest BCUT2D eigenvalue weighted by Gasteiger charge is -2.35. The molecule has 0 aromatic heterocycles. The number of carbonyl (C=O) groups is 2. The second kappa shape index (κ2) is 2.14. The zero-order valence-corrected chi connectivity index (χ0v) is 6.50. The Morgan fingerprint density at radius 2 is 2.45 bits per heavy atom. The predicted octanol–water partition coefficient (Wildman–Crippen LogP) is -0.255. The Balaban J connectivity index is 2.14. The first-order valence-electron chi connectivity index (χ1n) is 3.35. The van der Waals surface area contributed by atoms with Gasteiger partial charge in [0.25, 0.3) is 0 Å². The van der Waals surface area contributed by atoms with Crippen molar-refractivity contribution in [2.45, 2.75) is 17.8 Å². The molecule has 2 aliphatic rings. The monoisotopic (exact) mass is 173 g/mol. The van der Waals surface area contributed by atoms with Crippen molar-refractivity contribution in [1.82, 2.24) is 4.90 Å². The summed E-state index contributed by atoms with van der Waals surface area (Å²) >= 11 is 1.56. The third-order valence-corrected chi connectivity index (χ3v) is 3.30. The molecule has 1 N–H and O–H groups in total. The number of nitrogens with zero attached hydrogens (tertiary/aromatic N) is 1. The van der Waals surface area contributed by atoms with Crippen LogP contribution in [0.2, 0.25) is 0 Å². The first kappa shape index (κ1) is 6.97. The summed E-state index contributed by atoms with van der Waals surface area (Å²) in [4.78, 5) is 22.9. The van der Waals surface area contributed by atoms with Crippen molar-refractivity contribution in [1.29, 1.82) is 0 Å². The third kappa shape index (κ3) is 0.837. The van der Waals surface area contributed by atoms with E-state index in [9.17, 15) is 9.59 Å². The molecule has 0 aromatic carbocycles. The number of thioether (sulfide) groups is 1. The van der Waals surface area contributed by atoms with Gasteiger partial charge in [0.2, 0.25) is 5.91 Å². The second-order valence-electron chi connectivity index (χ2n) is 2.65. The van der Waals surface area contributed by atoms with Gasteiger partial charge < -0.3 is 10.0 Å². The Morgan fingerprint density at radius 3 is 2.91 bits per heavy atom. The first-order chi connectivity index (χ1) is 5.20. The lowest BCUT2D eigenvalue weighted by molar-refractivity contribution is -0.155. The van der Waals surface area contributed by atoms with Gasteiger partial charge in [-0.25, -0.2) is 4.79 Å². The highest BCUT2D eigenvalue weighted by Crippen LogP contribution is 2.38. The van der Waals surface area contributed by atoms with Crippen LogP contribution < -0.4 is 0 Å². The molecule has 2 atom stereocenters. The molecule has 4 nitrogen and oxygen atoms in total. The molecule has 0 aromatic rings. The van der Waals surface area contributed by atoms with Gasteiger partial charge in [-0.2, -0.15) is 0 Å². The number of fused-ring (bicyclic) bond motifs is 1. The number of hydrogen-bond donors (Lipinski definition) is 1. The molecule has 2 rings (SSSR count). The minimum atomic E-state index is -0.881. The van der Waals surface area contributed by atoms with Crippen LogP contribution in [0.1, 0.15) is 6.42 Å². The Labute approximate surface area is 67.6 Å². The van der Waals surface area contributed by atoms with Crippen LogP contribution in [-0.4, -0.2) is 39.1 Å². The number of carbonyl (C=O) groups excluding carboxylic acids is 1. The number of hydrogen-bond acceptors (Lipinski definition) is 3. The van der Waals surface area contributed by atoms with Crippen LogP contribution in [0.3, 0.4) is 0 Å². The largest absolute Gasteiger partial charge is 0.480 e. The van der Waals surface area contributed by atoms with E-state index in [1.54, 1.807) is 11.8 Å². The summed E-state index contributed by atoms with van der Waals surface area (Å²) in [6.07, 6.45) is 0.522. The fourth-order valence-electron chi connectivity index (χ4n) is 1.39. The number of β-lactam (4-membered cyclic amide) rings is 1. The Hall–Kier alpha value is -0.710. The molecule has 5 heteroatoms. The Kier molecular flexibility index (Phi) is 1.35. The molecular formula is C6H7NO3S. The van der Waals surface area contributed by atoms with Gasteiger partial charge in [0.1, 0.15) is 6.04 Å². The Bertz CT molecular complexity index is 222. The van der Waals surface area contributed by atoms with Crippen LogP contribution in [0.25, 0.3) is 0 Å². The van der Waals surface area contributed by atoms with E-state index in [1.165, 1.54) is 4.90 Å². The molecule has 0 unspecified atom stereocenters. The van der Waals surface area contributed by atoms with E-state index in [2.05, 4.69) is 0 Å². The van der Waals surface area contributed by atoms with Gasteiger partial charge in [-0.05, 0) is 0 Å². The maximum atomic E-state index is 10.9. The summed E-state index contributed by atoms with van der Waals surface area (Å²) < 4.78 is 0. The highest BCUT2D eigenvalue weighted by molar-refractivity contribution is 8.00. The lowest BCUT2D eigenvalue weighted by Crippen LogP contribution is -2.54. The zero-order chi connectivity index (χ0) is 8.01. The molecule has 0 saturated carbocycles. The number of carboxylic acid groups (broad SMARTS) is 1. The maximum absolute atomic E-state index is 10.9. The molecule has 2 saturated heterocycles. The van der Waals surface area contributed by atoms with Crippen molar-refractivity contribution in [3.63, 3.8) is 0 Å². The van der Waals surface area contributed by atoms with Gasteiger partial charge in [-0.1, -0.05) is 0 Å². The van der Waals surface area contributed by atoms with E-state index in [4.69, 9.17) is 5.11 Å². The normalized spacial score (nSPS) is 34.9. The molecule has 2 aliphatic heterocycles. The van der Waals surface area contributed by atoms with Crippen LogP contribution in [0.4, 0.5) is 0 Å². The molecule has 0 spiro atoms. The zero-order valence-electron chi connectivity index (χ0n) is 5.69.